The van der Waals surface area contributed by atoms with Crippen LogP contribution in [-0.4, -0.2) is 34.8 Å². The predicted molar refractivity (Wildman–Crippen MR) is 111 cm³/mol. The fourth-order valence-electron chi connectivity index (χ4n) is 2.81. The maximum absolute atomic E-state index is 14.7. The molecule has 1 amide bonds. The quantitative estimate of drug-likeness (QED) is 0.314. The summed E-state index contributed by atoms with van der Waals surface area (Å²) in [5.74, 6) is -3.28. The number of nitrogens with zero attached hydrogens (tertiary/aromatic N) is 2. The van der Waals surface area contributed by atoms with Gasteiger partial charge in [-0.05, 0) is 30.3 Å². The average molecular weight is 409 g/mol. The van der Waals surface area contributed by atoms with Crippen molar-refractivity contribution in [3.05, 3.63) is 76.9 Å². The molecule has 10 heteroatoms. The first-order chi connectivity index (χ1) is 14.4. The molecule has 6 N–H and O–H groups in total. The summed E-state index contributed by atoms with van der Waals surface area (Å²) in [6, 6.07) is 6.78. The molecule has 0 spiro atoms. The highest BCUT2D eigenvalue weighted by atomic mass is 19.1. The Kier molecular flexibility index (Phi) is 5.77. The Labute approximate surface area is 170 Å². The van der Waals surface area contributed by atoms with Gasteiger partial charge in [0, 0.05) is 42.1 Å². The Hall–Kier alpha value is -4.21. The minimum atomic E-state index is -1.16. The highest BCUT2D eigenvalue weighted by Gasteiger charge is 2.23. The summed E-state index contributed by atoms with van der Waals surface area (Å²) in [6.45, 7) is 0. The molecular weight excluding hydrogens is 392 g/mol. The molecule has 0 atom stereocenters. The number of rotatable bonds is 6. The molecule has 0 saturated carbocycles. The minimum Gasteiger partial charge on any atom is -0.398 e. The smallest absolute Gasteiger partial charge is 0.261 e. The number of nitrogens with two attached hydrogens (primary N) is 1. The summed E-state index contributed by atoms with van der Waals surface area (Å²) in [4.78, 5) is 20.3. The van der Waals surface area contributed by atoms with Gasteiger partial charge < -0.3 is 21.8 Å². The van der Waals surface area contributed by atoms with E-state index in [1.165, 1.54) is 43.8 Å². The molecule has 0 unspecified atom stereocenters. The Morgan fingerprint density at radius 2 is 2.00 bits per heavy atom. The summed E-state index contributed by atoms with van der Waals surface area (Å²) >= 11 is 0. The van der Waals surface area contributed by atoms with Gasteiger partial charge in [0.15, 0.2) is 0 Å². The van der Waals surface area contributed by atoms with Crippen LogP contribution in [0.25, 0.3) is 0 Å². The number of benzene rings is 2. The number of amides is 1. The third kappa shape index (κ3) is 3.83. The van der Waals surface area contributed by atoms with E-state index in [0.717, 1.165) is 6.07 Å². The maximum atomic E-state index is 14.7. The lowest BCUT2D eigenvalue weighted by Gasteiger charge is -2.13. The van der Waals surface area contributed by atoms with E-state index in [1.807, 2.05) is 0 Å². The van der Waals surface area contributed by atoms with Gasteiger partial charge in [-0.3, -0.25) is 10.2 Å². The Morgan fingerprint density at radius 1 is 1.23 bits per heavy atom. The molecule has 0 fully saturated rings. The minimum absolute atomic E-state index is 0.00664. The van der Waals surface area contributed by atoms with Crippen molar-refractivity contribution in [2.45, 2.75) is 0 Å². The van der Waals surface area contributed by atoms with Crippen LogP contribution in [0.15, 0.2) is 42.9 Å². The van der Waals surface area contributed by atoms with Gasteiger partial charge in [0.05, 0.1) is 17.0 Å². The number of nitrogens with one attached hydrogen (secondary N) is 4. The molecule has 2 aromatic carbocycles. The lowest BCUT2D eigenvalue weighted by molar-refractivity contribution is 0.101. The van der Waals surface area contributed by atoms with E-state index in [9.17, 15) is 13.6 Å². The lowest BCUT2D eigenvalue weighted by Crippen LogP contribution is -2.18. The summed E-state index contributed by atoms with van der Waals surface area (Å²) in [5.41, 5.74) is 5.94. The van der Waals surface area contributed by atoms with E-state index in [2.05, 4.69) is 20.6 Å². The van der Waals surface area contributed by atoms with E-state index in [-0.39, 0.29) is 33.9 Å². The molecule has 0 saturated heterocycles. The average Bonchev–Trinajstić information content (AvgIpc) is 2.74. The van der Waals surface area contributed by atoms with Gasteiger partial charge in [-0.25, -0.2) is 18.7 Å². The monoisotopic (exact) mass is 409 g/mol. The van der Waals surface area contributed by atoms with Crippen LogP contribution in [0.4, 0.5) is 25.8 Å². The molecule has 8 nitrogen and oxygen atoms in total. The molecule has 3 aromatic rings. The Morgan fingerprint density at radius 3 is 2.63 bits per heavy atom. The van der Waals surface area contributed by atoms with E-state index in [1.54, 1.807) is 0 Å². The van der Waals surface area contributed by atoms with Gasteiger partial charge >= 0.3 is 0 Å². The summed E-state index contributed by atoms with van der Waals surface area (Å²) in [7, 11) is 1.45. The van der Waals surface area contributed by atoms with Crippen LogP contribution < -0.4 is 16.4 Å². The van der Waals surface area contributed by atoms with Crippen molar-refractivity contribution >= 4 is 34.9 Å². The molecule has 1 heterocycles. The van der Waals surface area contributed by atoms with Crippen molar-refractivity contribution < 1.29 is 13.6 Å². The van der Waals surface area contributed by atoms with Crippen LogP contribution in [0.5, 0.6) is 0 Å². The third-order valence-corrected chi connectivity index (χ3v) is 4.32. The zero-order chi connectivity index (χ0) is 21.8. The van der Waals surface area contributed by atoms with Gasteiger partial charge in [0.25, 0.3) is 5.91 Å². The fourth-order valence-corrected chi connectivity index (χ4v) is 2.81. The number of carbonyl (C=O) groups excluding carboxylic acids is 1. The summed E-state index contributed by atoms with van der Waals surface area (Å²) in [5, 5.41) is 20.6. The van der Waals surface area contributed by atoms with Gasteiger partial charge in [-0.15, -0.1) is 0 Å². The highest BCUT2D eigenvalue weighted by Crippen LogP contribution is 2.26. The second kappa shape index (κ2) is 8.43. The fraction of sp³-hybridized carbons (Fsp3) is 0.0500. The van der Waals surface area contributed by atoms with Crippen molar-refractivity contribution in [1.82, 2.24) is 9.97 Å². The van der Waals surface area contributed by atoms with Crippen molar-refractivity contribution in [2.75, 3.05) is 23.4 Å². The van der Waals surface area contributed by atoms with Crippen LogP contribution in [0.1, 0.15) is 27.2 Å². The summed E-state index contributed by atoms with van der Waals surface area (Å²) in [6.07, 6.45) is 3.45. The number of carbonyl (C=O) groups is 1. The number of halogens is 2. The lowest BCUT2D eigenvalue weighted by atomic mass is 10.0. The first-order valence-corrected chi connectivity index (χ1v) is 8.63. The van der Waals surface area contributed by atoms with Gasteiger partial charge in [0.1, 0.15) is 23.5 Å². The van der Waals surface area contributed by atoms with E-state index < -0.39 is 23.1 Å². The normalized spacial score (nSPS) is 10.4. The van der Waals surface area contributed by atoms with Crippen molar-refractivity contribution in [1.29, 1.82) is 10.8 Å². The number of hydrogen-bond donors (Lipinski definition) is 5. The highest BCUT2D eigenvalue weighted by molar-refractivity contribution is 6.14. The number of anilines is 3. The standard InChI is InChI=1S/C20H17F2N7O/c1-26-16-7-13(21)17(18(22)12(16)8-23)20(30)29-10-2-3-14(24)11(6-10)19(25)15-4-5-27-9-28-15/h2-9,23,25-26H,24H2,1H3,(H,29,30). The van der Waals surface area contributed by atoms with Crippen LogP contribution in [0, 0.1) is 22.5 Å². The molecule has 0 aliphatic carbocycles. The Bertz CT molecular complexity index is 1150. The largest absolute Gasteiger partial charge is 0.398 e. The molecule has 30 heavy (non-hydrogen) atoms. The second-order valence-electron chi connectivity index (χ2n) is 6.13. The number of hydrogen-bond acceptors (Lipinski definition) is 7. The van der Waals surface area contributed by atoms with Crippen molar-refractivity contribution in [3.63, 3.8) is 0 Å². The molecule has 0 aliphatic rings. The van der Waals surface area contributed by atoms with Crippen molar-refractivity contribution in [2.24, 2.45) is 0 Å². The first kappa shape index (κ1) is 20.5. The van der Waals surface area contributed by atoms with Crippen LogP contribution in [0.2, 0.25) is 0 Å². The third-order valence-electron chi connectivity index (χ3n) is 4.32. The first-order valence-electron chi connectivity index (χ1n) is 8.63. The molecule has 3 rings (SSSR count). The van der Waals surface area contributed by atoms with Crippen LogP contribution in [-0.2, 0) is 0 Å². The van der Waals surface area contributed by atoms with Gasteiger partial charge in [-0.1, -0.05) is 0 Å². The van der Waals surface area contributed by atoms with Crippen molar-refractivity contribution in [3.8, 4) is 0 Å². The zero-order valence-electron chi connectivity index (χ0n) is 15.8. The Balaban J connectivity index is 1.95. The zero-order valence-corrected chi connectivity index (χ0v) is 15.8. The van der Waals surface area contributed by atoms with Gasteiger partial charge in [-0.2, -0.15) is 0 Å². The molecular formula is C20H17F2N7O. The van der Waals surface area contributed by atoms with E-state index in [0.29, 0.717) is 11.9 Å². The number of nitrogen functional groups attached to an aromatic ring is 1. The molecule has 0 bridgehead atoms. The van der Waals surface area contributed by atoms with Crippen LogP contribution >= 0.6 is 0 Å². The SMILES string of the molecule is CNc1cc(F)c(C(=O)Nc2ccc(N)c(C(=N)c3ccncn3)c2)c(F)c1C=N. The van der Waals surface area contributed by atoms with Crippen LogP contribution in [0.3, 0.4) is 0 Å². The topological polar surface area (TPSA) is 141 Å². The summed E-state index contributed by atoms with van der Waals surface area (Å²) < 4.78 is 29.0. The second-order valence-corrected chi connectivity index (χ2v) is 6.13. The van der Waals surface area contributed by atoms with E-state index >= 15 is 0 Å². The van der Waals surface area contributed by atoms with E-state index in [4.69, 9.17) is 16.6 Å². The predicted octanol–water partition coefficient (Wildman–Crippen LogP) is 3.04. The molecule has 152 valence electrons. The van der Waals surface area contributed by atoms with Gasteiger partial charge in [0.2, 0.25) is 0 Å². The number of aromatic nitrogens is 2. The maximum Gasteiger partial charge on any atom is 0.261 e. The molecule has 0 aliphatic heterocycles. The molecule has 1 aromatic heterocycles. The molecule has 0 radical (unpaired) electrons.